The van der Waals surface area contributed by atoms with Gasteiger partial charge in [-0.2, -0.15) is 0 Å². The van der Waals surface area contributed by atoms with Crippen LogP contribution in [0.25, 0.3) is 0 Å². The molecule has 2 saturated heterocycles. The summed E-state index contributed by atoms with van der Waals surface area (Å²) >= 11 is 0. The number of carbonyl (C=O) groups excluding carboxylic acids is 3. The van der Waals surface area contributed by atoms with Crippen LogP contribution in [0.4, 0.5) is 4.79 Å². The molecule has 8 nitrogen and oxygen atoms in total. The SMILES string of the molecule is Cc1oncc1C(=O)N1CC(N2C(=O)CNC2=O)C1. The summed E-state index contributed by atoms with van der Waals surface area (Å²) in [6, 6.07) is -0.623. The summed E-state index contributed by atoms with van der Waals surface area (Å²) in [4.78, 5) is 37.7. The number of carbonyl (C=O) groups is 3. The van der Waals surface area contributed by atoms with E-state index in [1.165, 1.54) is 11.1 Å². The summed E-state index contributed by atoms with van der Waals surface area (Å²) in [6.45, 7) is 2.40. The Hall–Kier alpha value is -2.38. The highest BCUT2D eigenvalue weighted by Gasteiger charge is 2.43. The number of rotatable bonds is 2. The largest absolute Gasteiger partial charge is 0.361 e. The first-order chi connectivity index (χ1) is 9.08. The summed E-state index contributed by atoms with van der Waals surface area (Å²) in [7, 11) is 0. The van der Waals surface area contributed by atoms with Crippen molar-refractivity contribution in [2.24, 2.45) is 0 Å². The van der Waals surface area contributed by atoms with E-state index in [2.05, 4.69) is 10.5 Å². The Morgan fingerprint density at radius 3 is 2.74 bits per heavy atom. The van der Waals surface area contributed by atoms with Crippen molar-refractivity contribution >= 4 is 17.8 Å². The Balaban J connectivity index is 1.64. The standard InChI is InChI=1S/C11H12N4O4/c1-6-8(2-13-19-6)10(17)14-4-7(5-14)15-9(16)3-12-11(15)18/h2,7H,3-5H2,1H3,(H,12,18). The minimum absolute atomic E-state index is 0.0358. The van der Waals surface area contributed by atoms with Crippen molar-refractivity contribution in [1.82, 2.24) is 20.3 Å². The van der Waals surface area contributed by atoms with E-state index in [-0.39, 0.29) is 30.4 Å². The number of nitrogens with one attached hydrogen (secondary N) is 1. The molecule has 1 aromatic heterocycles. The quantitative estimate of drug-likeness (QED) is 0.717. The summed E-state index contributed by atoms with van der Waals surface area (Å²) < 4.78 is 4.84. The maximum atomic E-state index is 12.1. The minimum atomic E-state index is -0.386. The molecule has 8 heteroatoms. The first-order valence-electron chi connectivity index (χ1n) is 5.88. The molecule has 1 aromatic rings. The molecule has 1 N–H and O–H groups in total. The van der Waals surface area contributed by atoms with Gasteiger partial charge in [0.2, 0.25) is 5.91 Å². The molecule has 2 fully saturated rings. The summed E-state index contributed by atoms with van der Waals surface area (Å²) in [6.07, 6.45) is 1.37. The summed E-state index contributed by atoms with van der Waals surface area (Å²) in [5.74, 6) is 0.0220. The molecule has 100 valence electrons. The average Bonchev–Trinajstić information content (AvgIpc) is 2.87. The first kappa shape index (κ1) is 11.7. The highest BCUT2D eigenvalue weighted by Crippen LogP contribution is 2.21. The van der Waals surface area contributed by atoms with Crippen LogP contribution in [0.5, 0.6) is 0 Å². The van der Waals surface area contributed by atoms with Gasteiger partial charge in [0.05, 0.1) is 18.8 Å². The number of imide groups is 1. The monoisotopic (exact) mass is 264 g/mol. The maximum absolute atomic E-state index is 12.1. The Bertz CT molecular complexity index is 545. The second-order valence-corrected chi connectivity index (χ2v) is 4.58. The molecular formula is C11H12N4O4. The molecule has 2 aliphatic rings. The van der Waals surface area contributed by atoms with Gasteiger partial charge in [0.15, 0.2) is 0 Å². The summed E-state index contributed by atoms with van der Waals surface area (Å²) in [5.41, 5.74) is 0.413. The third-order valence-corrected chi connectivity index (χ3v) is 3.37. The molecule has 3 rings (SSSR count). The maximum Gasteiger partial charge on any atom is 0.324 e. The average molecular weight is 264 g/mol. The first-order valence-corrected chi connectivity index (χ1v) is 5.88. The molecular weight excluding hydrogens is 252 g/mol. The molecule has 0 radical (unpaired) electrons. The lowest BCUT2D eigenvalue weighted by Crippen LogP contribution is -2.62. The number of hydrogen-bond acceptors (Lipinski definition) is 5. The third kappa shape index (κ3) is 1.76. The molecule has 0 bridgehead atoms. The topological polar surface area (TPSA) is 95.8 Å². The van der Waals surface area contributed by atoms with E-state index in [1.807, 2.05) is 0 Å². The number of urea groups is 1. The van der Waals surface area contributed by atoms with Crippen LogP contribution in [0.3, 0.4) is 0 Å². The fourth-order valence-electron chi connectivity index (χ4n) is 2.26. The van der Waals surface area contributed by atoms with Crippen molar-refractivity contribution in [3.8, 4) is 0 Å². The Labute approximate surface area is 108 Å². The van der Waals surface area contributed by atoms with Crippen molar-refractivity contribution < 1.29 is 18.9 Å². The van der Waals surface area contributed by atoms with Crippen molar-refractivity contribution in [3.05, 3.63) is 17.5 Å². The molecule has 0 aromatic carbocycles. The van der Waals surface area contributed by atoms with Crippen LogP contribution in [0.1, 0.15) is 16.1 Å². The molecule has 19 heavy (non-hydrogen) atoms. The van der Waals surface area contributed by atoms with E-state index in [0.717, 1.165) is 0 Å². The Morgan fingerprint density at radius 1 is 1.47 bits per heavy atom. The van der Waals surface area contributed by atoms with Gasteiger partial charge in [0, 0.05) is 13.1 Å². The van der Waals surface area contributed by atoms with Crippen molar-refractivity contribution in [3.63, 3.8) is 0 Å². The molecule has 0 unspecified atom stereocenters. The lowest BCUT2D eigenvalue weighted by Gasteiger charge is -2.42. The van der Waals surface area contributed by atoms with E-state index in [9.17, 15) is 14.4 Å². The van der Waals surface area contributed by atoms with E-state index in [1.54, 1.807) is 11.8 Å². The van der Waals surface area contributed by atoms with Crippen LogP contribution >= 0.6 is 0 Å². The van der Waals surface area contributed by atoms with Gasteiger partial charge in [-0.3, -0.25) is 14.5 Å². The minimum Gasteiger partial charge on any atom is -0.361 e. The molecule has 2 aliphatic heterocycles. The van der Waals surface area contributed by atoms with E-state index in [4.69, 9.17) is 4.52 Å². The van der Waals surface area contributed by atoms with Crippen LogP contribution in [-0.4, -0.2) is 58.5 Å². The number of aryl methyl sites for hydroxylation is 1. The highest BCUT2D eigenvalue weighted by atomic mass is 16.5. The van der Waals surface area contributed by atoms with Gasteiger partial charge in [-0.25, -0.2) is 4.79 Å². The lowest BCUT2D eigenvalue weighted by atomic mass is 10.1. The third-order valence-electron chi connectivity index (χ3n) is 3.37. The molecule has 3 heterocycles. The number of aromatic nitrogens is 1. The van der Waals surface area contributed by atoms with Crippen LogP contribution in [0.2, 0.25) is 0 Å². The van der Waals surface area contributed by atoms with E-state index >= 15 is 0 Å². The van der Waals surface area contributed by atoms with Gasteiger partial charge in [-0.1, -0.05) is 5.16 Å². The second-order valence-electron chi connectivity index (χ2n) is 4.58. The fraction of sp³-hybridized carbons (Fsp3) is 0.455. The Morgan fingerprint density at radius 2 is 2.21 bits per heavy atom. The number of amides is 4. The second kappa shape index (κ2) is 4.08. The molecule has 0 saturated carbocycles. The lowest BCUT2D eigenvalue weighted by molar-refractivity contribution is -0.128. The van der Waals surface area contributed by atoms with Crippen LogP contribution in [0, 0.1) is 6.92 Å². The normalized spacial score (nSPS) is 19.6. The molecule has 0 spiro atoms. The van der Waals surface area contributed by atoms with Crippen molar-refractivity contribution in [1.29, 1.82) is 0 Å². The zero-order chi connectivity index (χ0) is 13.6. The zero-order valence-electron chi connectivity index (χ0n) is 10.3. The predicted octanol–water partition coefficient (Wildman–Crippen LogP) is -0.641. The van der Waals surface area contributed by atoms with Gasteiger partial charge in [0.25, 0.3) is 5.91 Å². The van der Waals surface area contributed by atoms with Gasteiger partial charge in [-0.15, -0.1) is 0 Å². The molecule has 0 aliphatic carbocycles. The van der Waals surface area contributed by atoms with Gasteiger partial charge in [0.1, 0.15) is 11.3 Å². The van der Waals surface area contributed by atoms with E-state index < -0.39 is 0 Å². The van der Waals surface area contributed by atoms with Crippen molar-refractivity contribution in [2.45, 2.75) is 13.0 Å². The summed E-state index contributed by atoms with van der Waals surface area (Å²) in [5, 5.41) is 6.01. The number of likely N-dealkylation sites (tertiary alicyclic amines) is 1. The Kier molecular flexibility index (Phi) is 2.51. The number of hydrogen-bond donors (Lipinski definition) is 1. The van der Waals surface area contributed by atoms with Crippen molar-refractivity contribution in [2.75, 3.05) is 19.6 Å². The van der Waals surface area contributed by atoms with Gasteiger partial charge < -0.3 is 14.7 Å². The van der Waals surface area contributed by atoms with Crippen LogP contribution < -0.4 is 5.32 Å². The van der Waals surface area contributed by atoms with Gasteiger partial charge in [-0.05, 0) is 6.92 Å². The predicted molar refractivity (Wildman–Crippen MR) is 61.2 cm³/mol. The smallest absolute Gasteiger partial charge is 0.324 e. The molecule has 0 atom stereocenters. The zero-order valence-corrected chi connectivity index (χ0v) is 10.3. The van der Waals surface area contributed by atoms with Crippen LogP contribution in [0.15, 0.2) is 10.7 Å². The fourth-order valence-corrected chi connectivity index (χ4v) is 2.26. The van der Waals surface area contributed by atoms with Crippen LogP contribution in [-0.2, 0) is 4.79 Å². The van der Waals surface area contributed by atoms with E-state index in [0.29, 0.717) is 24.4 Å². The number of nitrogens with zero attached hydrogens (tertiary/aromatic N) is 3. The highest BCUT2D eigenvalue weighted by molar-refractivity contribution is 6.03. The van der Waals surface area contributed by atoms with Gasteiger partial charge >= 0.3 is 6.03 Å². The molecule has 4 amide bonds.